The predicted octanol–water partition coefficient (Wildman–Crippen LogP) is 11.5. The van der Waals surface area contributed by atoms with Crippen molar-refractivity contribution in [1.82, 2.24) is 9.13 Å². The van der Waals surface area contributed by atoms with Gasteiger partial charge in [-0.2, -0.15) is 10.5 Å². The molecule has 0 radical (unpaired) electrons. The number of hydrogen-bond acceptors (Lipinski definition) is 2. The van der Waals surface area contributed by atoms with E-state index in [1.165, 1.54) is 0 Å². The largest absolute Gasteiger partial charge is 0.310 e. The third-order valence-corrected chi connectivity index (χ3v) is 9.59. The molecule has 0 saturated heterocycles. The van der Waals surface area contributed by atoms with Gasteiger partial charge < -0.3 is 9.13 Å². The van der Waals surface area contributed by atoms with Gasteiger partial charge in [-0.05, 0) is 83.4 Å². The zero-order chi connectivity index (χ0) is 33.8. The molecule has 5 heteroatoms. The second kappa shape index (κ2) is 11.4. The van der Waals surface area contributed by atoms with Crippen LogP contribution in [0, 0.1) is 29.2 Å². The molecular weight excluding hydrogens is 611 g/mol. The van der Waals surface area contributed by atoms with E-state index in [1.54, 1.807) is 0 Å². The van der Waals surface area contributed by atoms with Crippen LogP contribution < -0.4 is 0 Å². The van der Waals surface area contributed by atoms with Crippen molar-refractivity contribution in [2.24, 2.45) is 0 Å². The highest BCUT2D eigenvalue weighted by Crippen LogP contribution is 2.41. The third kappa shape index (κ3) is 4.38. The first-order valence-electron chi connectivity index (χ1n) is 16.3. The van der Waals surface area contributed by atoms with Crippen LogP contribution >= 0.6 is 0 Å². The summed E-state index contributed by atoms with van der Waals surface area (Å²) in [4.78, 5) is 3.72. The van der Waals surface area contributed by atoms with Gasteiger partial charge in [0.05, 0.1) is 52.1 Å². The number of aromatic nitrogens is 2. The number of hydrogen-bond donors (Lipinski definition) is 0. The molecule has 0 atom stereocenters. The molecule has 50 heavy (non-hydrogen) atoms. The molecule has 0 saturated carbocycles. The average Bonchev–Trinajstić information content (AvgIpc) is 3.69. The van der Waals surface area contributed by atoms with Crippen molar-refractivity contribution in [3.63, 3.8) is 0 Å². The van der Waals surface area contributed by atoms with Gasteiger partial charge in [-0.25, -0.2) is 4.85 Å². The Morgan fingerprint density at radius 3 is 1.92 bits per heavy atom. The molecule has 9 aromatic rings. The van der Waals surface area contributed by atoms with Crippen LogP contribution in [-0.4, -0.2) is 9.13 Å². The summed E-state index contributed by atoms with van der Waals surface area (Å²) in [7, 11) is 0. The molecule has 0 N–H and O–H groups in total. The lowest BCUT2D eigenvalue weighted by atomic mass is 9.91. The molecule has 230 valence electrons. The summed E-state index contributed by atoms with van der Waals surface area (Å²) in [5.41, 5.74) is 11.8. The highest BCUT2D eigenvalue weighted by atomic mass is 15.0. The summed E-state index contributed by atoms with van der Waals surface area (Å²) >= 11 is 0. The number of benzene rings is 7. The van der Waals surface area contributed by atoms with Crippen molar-refractivity contribution in [1.29, 1.82) is 10.5 Å². The second-order valence-electron chi connectivity index (χ2n) is 12.3. The molecule has 0 spiro atoms. The van der Waals surface area contributed by atoms with Crippen LogP contribution in [0.5, 0.6) is 0 Å². The molecule has 7 aromatic carbocycles. The van der Waals surface area contributed by atoms with Crippen molar-refractivity contribution < 1.29 is 0 Å². The molecular formula is C45H25N5. The van der Waals surface area contributed by atoms with E-state index in [1.807, 2.05) is 91.0 Å². The van der Waals surface area contributed by atoms with E-state index in [9.17, 15) is 10.5 Å². The maximum Gasteiger partial charge on any atom is 0.189 e. The molecule has 0 amide bonds. The Balaban J connectivity index is 1.29. The fourth-order valence-electron chi connectivity index (χ4n) is 7.41. The van der Waals surface area contributed by atoms with Gasteiger partial charge in [-0.1, -0.05) is 84.9 Å². The highest BCUT2D eigenvalue weighted by Gasteiger charge is 2.19. The quantitative estimate of drug-likeness (QED) is 0.181. The Bertz CT molecular complexity index is 2970. The molecule has 2 heterocycles. The minimum Gasteiger partial charge on any atom is -0.310 e. The Kier molecular flexibility index (Phi) is 6.56. The van der Waals surface area contributed by atoms with Crippen LogP contribution in [-0.2, 0) is 0 Å². The van der Waals surface area contributed by atoms with E-state index in [0.29, 0.717) is 16.8 Å². The van der Waals surface area contributed by atoms with Gasteiger partial charge in [0.15, 0.2) is 5.69 Å². The van der Waals surface area contributed by atoms with E-state index >= 15 is 0 Å². The van der Waals surface area contributed by atoms with Gasteiger partial charge in [0.2, 0.25) is 0 Å². The molecule has 0 bridgehead atoms. The topological polar surface area (TPSA) is 61.8 Å². The van der Waals surface area contributed by atoms with Crippen LogP contribution in [0.3, 0.4) is 0 Å². The van der Waals surface area contributed by atoms with Crippen molar-refractivity contribution in [2.45, 2.75) is 0 Å². The van der Waals surface area contributed by atoms with E-state index in [4.69, 9.17) is 6.57 Å². The van der Waals surface area contributed by atoms with Crippen molar-refractivity contribution in [3.05, 3.63) is 174 Å². The molecule has 5 nitrogen and oxygen atoms in total. The minimum atomic E-state index is 0.575. The van der Waals surface area contributed by atoms with Crippen molar-refractivity contribution in [3.8, 4) is 45.8 Å². The smallest absolute Gasteiger partial charge is 0.189 e. The molecule has 0 fully saturated rings. The first-order valence-corrected chi connectivity index (χ1v) is 16.3. The number of para-hydroxylation sites is 3. The summed E-state index contributed by atoms with van der Waals surface area (Å²) in [6, 6.07) is 55.6. The minimum absolute atomic E-state index is 0.575. The van der Waals surface area contributed by atoms with Gasteiger partial charge in [-0.15, -0.1) is 0 Å². The summed E-state index contributed by atoms with van der Waals surface area (Å²) in [5.74, 6) is 0. The summed E-state index contributed by atoms with van der Waals surface area (Å²) in [6.45, 7) is 7.67. The van der Waals surface area contributed by atoms with Crippen LogP contribution in [0.1, 0.15) is 11.1 Å². The summed E-state index contributed by atoms with van der Waals surface area (Å²) in [6.07, 6.45) is 0. The maximum atomic E-state index is 10.0. The average molecular weight is 636 g/mol. The first-order chi connectivity index (χ1) is 24.7. The van der Waals surface area contributed by atoms with Crippen LogP contribution in [0.25, 0.3) is 82.1 Å². The normalized spacial score (nSPS) is 11.1. The molecule has 0 aliphatic carbocycles. The molecule has 9 rings (SSSR count). The fraction of sp³-hybridized carbons (Fsp3) is 0. The predicted molar refractivity (Wildman–Crippen MR) is 202 cm³/mol. The lowest BCUT2D eigenvalue weighted by Crippen LogP contribution is -1.99. The Morgan fingerprint density at radius 1 is 0.460 bits per heavy atom. The molecule has 0 aliphatic heterocycles. The number of nitrogens with zero attached hydrogens (tertiary/aromatic N) is 5. The summed E-state index contributed by atoms with van der Waals surface area (Å²) in [5, 5.41) is 24.0. The first kappa shape index (κ1) is 28.8. The fourth-order valence-corrected chi connectivity index (χ4v) is 7.41. The van der Waals surface area contributed by atoms with Crippen LogP contribution in [0.2, 0.25) is 0 Å². The monoisotopic (exact) mass is 635 g/mol. The standard InChI is InChI=1S/C45H25N5/c1-48-32-19-21-38-36-12-3-5-14-41(36)49(45(38)26-32)33-10-8-9-31(25-33)39-23-29(27-46)17-20-34(39)35-11-2-6-15-42(35)50-43-16-7-4-13-37(43)40-24-30(28-47)18-22-44(40)50/h2-26H. The molecule has 0 unspecified atom stereocenters. The van der Waals surface area contributed by atoms with Gasteiger partial charge in [0, 0.05) is 38.3 Å². The Labute approximate surface area is 288 Å². The SMILES string of the molecule is [C-]#[N+]c1ccc2c3ccccc3n(-c3cccc(-c4cc(C#N)ccc4-c4ccccc4-n4c5ccccc5c5cc(C#N)ccc54)c3)c2c1. The number of rotatable bonds is 4. The van der Waals surface area contributed by atoms with E-state index in [0.717, 1.165) is 77.2 Å². The van der Waals surface area contributed by atoms with E-state index < -0.39 is 0 Å². The third-order valence-electron chi connectivity index (χ3n) is 9.59. The Morgan fingerprint density at radius 2 is 1.12 bits per heavy atom. The number of nitriles is 2. The summed E-state index contributed by atoms with van der Waals surface area (Å²) < 4.78 is 4.49. The van der Waals surface area contributed by atoms with E-state index in [2.05, 4.69) is 86.8 Å². The Hall–Kier alpha value is -7.39. The molecule has 0 aliphatic rings. The molecule has 2 aromatic heterocycles. The van der Waals surface area contributed by atoms with Gasteiger partial charge in [0.1, 0.15) is 0 Å². The number of fused-ring (bicyclic) bond motifs is 6. The van der Waals surface area contributed by atoms with Gasteiger partial charge >= 0.3 is 0 Å². The van der Waals surface area contributed by atoms with Gasteiger partial charge in [-0.3, -0.25) is 0 Å². The van der Waals surface area contributed by atoms with E-state index in [-0.39, 0.29) is 0 Å². The van der Waals surface area contributed by atoms with Crippen LogP contribution in [0.15, 0.2) is 152 Å². The van der Waals surface area contributed by atoms with Crippen LogP contribution in [0.4, 0.5) is 5.69 Å². The van der Waals surface area contributed by atoms with Crippen molar-refractivity contribution >= 4 is 49.3 Å². The van der Waals surface area contributed by atoms with Gasteiger partial charge in [0.25, 0.3) is 0 Å². The lowest BCUT2D eigenvalue weighted by Gasteiger charge is -2.18. The highest BCUT2D eigenvalue weighted by molar-refractivity contribution is 6.11. The lowest BCUT2D eigenvalue weighted by molar-refractivity contribution is 1.18. The van der Waals surface area contributed by atoms with Crippen molar-refractivity contribution in [2.75, 3.05) is 0 Å². The maximum absolute atomic E-state index is 10.0. The zero-order valence-electron chi connectivity index (χ0n) is 26.7. The second-order valence-corrected chi connectivity index (χ2v) is 12.3. The zero-order valence-corrected chi connectivity index (χ0v) is 26.7.